The van der Waals surface area contributed by atoms with E-state index >= 15 is 0 Å². The number of benzene rings is 1. The molecule has 2 heterocycles. The molecule has 0 fully saturated rings. The van der Waals surface area contributed by atoms with Gasteiger partial charge in [0.05, 0.1) is 15.5 Å². The van der Waals surface area contributed by atoms with Crippen molar-refractivity contribution in [2.24, 2.45) is 0 Å². The molecule has 0 spiro atoms. The minimum absolute atomic E-state index is 0.0334. The van der Waals surface area contributed by atoms with Crippen LogP contribution < -0.4 is 16.2 Å². The van der Waals surface area contributed by atoms with Gasteiger partial charge in [-0.25, -0.2) is 15.0 Å². The van der Waals surface area contributed by atoms with E-state index in [2.05, 4.69) is 31.1 Å². The number of carbonyl (C=O) groups excluding carboxylic acids is 1. The van der Waals surface area contributed by atoms with Gasteiger partial charge in [-0.1, -0.05) is 17.7 Å². The Morgan fingerprint density at radius 2 is 1.77 bits per heavy atom. The number of pyridine rings is 1. The number of nitro benzene ring substituents is 1. The Bertz CT molecular complexity index is 1140. The van der Waals surface area contributed by atoms with Crippen LogP contribution in [0.4, 0.5) is 28.7 Å². The summed E-state index contributed by atoms with van der Waals surface area (Å²) in [5, 5.41) is 25.1. The minimum Gasteiger partial charge on any atom is -0.332 e. The van der Waals surface area contributed by atoms with E-state index in [1.807, 2.05) is 0 Å². The zero-order valence-corrected chi connectivity index (χ0v) is 15.5. The molecule has 13 nitrogen and oxygen atoms in total. The summed E-state index contributed by atoms with van der Waals surface area (Å²) in [5.41, 5.74) is 3.92. The van der Waals surface area contributed by atoms with Crippen molar-refractivity contribution in [1.82, 2.24) is 20.4 Å². The van der Waals surface area contributed by atoms with Gasteiger partial charge in [-0.2, -0.15) is 0 Å². The standard InChI is InChI=1S/C16H11ClN8O5/c17-13-11(5-2-6-18-13)21-14-12(25(29)30)15(20-8-19-14)22-23-16(26)9-3-1-4-10(7-9)24(27)28/h1-8H,(H,23,26)(H2,19,20,21,22). The topological polar surface area (TPSA) is 178 Å². The molecule has 0 aliphatic carbocycles. The van der Waals surface area contributed by atoms with Gasteiger partial charge >= 0.3 is 5.69 Å². The van der Waals surface area contributed by atoms with E-state index in [0.29, 0.717) is 0 Å². The first-order valence-corrected chi connectivity index (χ1v) is 8.42. The smallest absolute Gasteiger partial charge is 0.332 e. The van der Waals surface area contributed by atoms with Crippen LogP contribution >= 0.6 is 11.6 Å². The molecule has 0 aliphatic heterocycles. The number of halogens is 1. The fourth-order valence-electron chi connectivity index (χ4n) is 2.29. The SMILES string of the molecule is O=C(NNc1ncnc(Nc2cccnc2Cl)c1[N+](=O)[O-])c1cccc([N+](=O)[O-])c1. The van der Waals surface area contributed by atoms with Crippen LogP contribution in [0.25, 0.3) is 0 Å². The van der Waals surface area contributed by atoms with Crippen molar-refractivity contribution >= 4 is 46.2 Å². The predicted molar refractivity (Wildman–Crippen MR) is 105 cm³/mol. The van der Waals surface area contributed by atoms with Gasteiger partial charge in [-0.05, 0) is 18.2 Å². The van der Waals surface area contributed by atoms with E-state index in [-0.39, 0.29) is 33.7 Å². The van der Waals surface area contributed by atoms with Crippen molar-refractivity contribution in [3.05, 3.63) is 79.9 Å². The second-order valence-electron chi connectivity index (χ2n) is 5.53. The van der Waals surface area contributed by atoms with Gasteiger partial charge in [0.2, 0.25) is 11.6 Å². The molecule has 2 aromatic heterocycles. The highest BCUT2D eigenvalue weighted by Crippen LogP contribution is 2.32. The lowest BCUT2D eigenvalue weighted by Crippen LogP contribution is -2.30. The quantitative estimate of drug-likeness (QED) is 0.286. The number of hydrazine groups is 1. The number of hydrogen-bond acceptors (Lipinski definition) is 10. The highest BCUT2D eigenvalue weighted by molar-refractivity contribution is 6.32. The van der Waals surface area contributed by atoms with Crippen LogP contribution in [-0.2, 0) is 0 Å². The number of nitrogens with zero attached hydrogens (tertiary/aromatic N) is 5. The number of nitro groups is 2. The third kappa shape index (κ3) is 4.53. The van der Waals surface area contributed by atoms with Gasteiger partial charge in [0, 0.05) is 23.9 Å². The summed E-state index contributed by atoms with van der Waals surface area (Å²) in [4.78, 5) is 44.7. The van der Waals surface area contributed by atoms with E-state index in [1.165, 1.54) is 24.4 Å². The van der Waals surface area contributed by atoms with Crippen LogP contribution in [0.1, 0.15) is 10.4 Å². The first-order chi connectivity index (χ1) is 14.4. The van der Waals surface area contributed by atoms with Crippen molar-refractivity contribution in [3.8, 4) is 0 Å². The summed E-state index contributed by atoms with van der Waals surface area (Å²) in [6.45, 7) is 0. The minimum atomic E-state index is -0.767. The molecule has 0 aliphatic rings. The number of hydrogen-bond donors (Lipinski definition) is 3. The fraction of sp³-hybridized carbons (Fsp3) is 0. The van der Waals surface area contributed by atoms with Crippen LogP contribution in [0.5, 0.6) is 0 Å². The number of rotatable bonds is 7. The van der Waals surface area contributed by atoms with Gasteiger partial charge in [0.15, 0.2) is 5.15 Å². The van der Waals surface area contributed by atoms with E-state index in [4.69, 9.17) is 11.6 Å². The molecule has 0 atom stereocenters. The Labute approximate surface area is 172 Å². The molecule has 152 valence electrons. The number of amides is 1. The lowest BCUT2D eigenvalue weighted by Gasteiger charge is -2.11. The summed E-state index contributed by atoms with van der Waals surface area (Å²) >= 11 is 5.94. The lowest BCUT2D eigenvalue weighted by atomic mass is 10.2. The third-order valence-corrected chi connectivity index (χ3v) is 3.93. The summed E-state index contributed by atoms with van der Waals surface area (Å²) in [7, 11) is 0. The highest BCUT2D eigenvalue weighted by atomic mass is 35.5. The molecule has 0 bridgehead atoms. The van der Waals surface area contributed by atoms with E-state index < -0.39 is 21.4 Å². The monoisotopic (exact) mass is 430 g/mol. The van der Waals surface area contributed by atoms with E-state index in [9.17, 15) is 25.0 Å². The number of carbonyl (C=O) groups is 1. The van der Waals surface area contributed by atoms with E-state index in [1.54, 1.807) is 12.1 Å². The summed E-state index contributed by atoms with van der Waals surface area (Å²) in [5.74, 6) is -1.29. The van der Waals surface area contributed by atoms with Crippen LogP contribution in [-0.4, -0.2) is 30.7 Å². The van der Waals surface area contributed by atoms with Crippen LogP contribution in [0.15, 0.2) is 48.9 Å². The van der Waals surface area contributed by atoms with Gasteiger partial charge in [0.1, 0.15) is 6.33 Å². The van der Waals surface area contributed by atoms with E-state index in [0.717, 1.165) is 12.4 Å². The molecule has 1 amide bonds. The summed E-state index contributed by atoms with van der Waals surface area (Å²) < 4.78 is 0. The molecule has 0 radical (unpaired) electrons. The fourth-order valence-corrected chi connectivity index (χ4v) is 2.46. The Hall–Kier alpha value is -4.39. The van der Waals surface area contributed by atoms with Crippen LogP contribution in [0.2, 0.25) is 5.15 Å². The Morgan fingerprint density at radius 3 is 2.47 bits per heavy atom. The van der Waals surface area contributed by atoms with Crippen molar-refractivity contribution in [3.63, 3.8) is 0 Å². The average molecular weight is 431 g/mol. The summed E-state index contributed by atoms with van der Waals surface area (Å²) in [6.07, 6.45) is 2.47. The predicted octanol–water partition coefficient (Wildman–Crippen LogP) is 2.84. The first-order valence-electron chi connectivity index (χ1n) is 8.04. The number of aromatic nitrogens is 3. The van der Waals surface area contributed by atoms with Crippen LogP contribution in [0.3, 0.4) is 0 Å². The van der Waals surface area contributed by atoms with Crippen LogP contribution in [0, 0.1) is 20.2 Å². The maximum absolute atomic E-state index is 12.2. The highest BCUT2D eigenvalue weighted by Gasteiger charge is 2.24. The molecular weight excluding hydrogens is 420 g/mol. The Morgan fingerprint density at radius 1 is 1.00 bits per heavy atom. The van der Waals surface area contributed by atoms with Gasteiger partial charge in [0.25, 0.3) is 11.6 Å². The molecular formula is C16H11ClN8O5. The van der Waals surface area contributed by atoms with Crippen molar-refractivity contribution in [2.45, 2.75) is 0 Å². The maximum Gasteiger partial charge on any atom is 0.355 e. The normalized spacial score (nSPS) is 10.2. The first kappa shape index (κ1) is 20.3. The zero-order valence-electron chi connectivity index (χ0n) is 14.8. The molecule has 3 aromatic rings. The van der Waals surface area contributed by atoms with Crippen molar-refractivity contribution in [1.29, 1.82) is 0 Å². The third-order valence-electron chi connectivity index (χ3n) is 3.63. The second-order valence-corrected chi connectivity index (χ2v) is 5.89. The molecule has 1 aromatic carbocycles. The average Bonchev–Trinajstić information content (AvgIpc) is 2.73. The lowest BCUT2D eigenvalue weighted by molar-refractivity contribution is -0.384. The summed E-state index contributed by atoms with van der Waals surface area (Å²) in [6, 6.07) is 8.07. The van der Waals surface area contributed by atoms with Crippen molar-refractivity contribution < 1.29 is 14.6 Å². The second kappa shape index (κ2) is 8.74. The largest absolute Gasteiger partial charge is 0.355 e. The molecule has 0 unspecified atom stereocenters. The molecule has 30 heavy (non-hydrogen) atoms. The molecule has 14 heteroatoms. The molecule has 0 saturated carbocycles. The molecule has 3 rings (SSSR count). The van der Waals surface area contributed by atoms with Crippen molar-refractivity contribution in [2.75, 3.05) is 10.7 Å². The maximum atomic E-state index is 12.2. The zero-order chi connectivity index (χ0) is 21.7. The Kier molecular flexibility index (Phi) is 5.93. The number of non-ortho nitro benzene ring substituents is 1. The molecule has 0 saturated heterocycles. The van der Waals surface area contributed by atoms with Gasteiger partial charge in [-0.3, -0.25) is 35.9 Å². The molecule has 3 N–H and O–H groups in total. The van der Waals surface area contributed by atoms with Gasteiger partial charge < -0.3 is 5.32 Å². The van der Waals surface area contributed by atoms with Gasteiger partial charge in [-0.15, -0.1) is 0 Å². The Balaban J connectivity index is 1.83. The number of anilines is 3. The number of nitrogens with one attached hydrogen (secondary N) is 3.